The SMILES string of the molecule is NC1(C2CC(F)(F)C2)N=C(Nc2ccnc(C(F)(F)F)c2)NC(c2nc(C(F)(F)F)cs2)=N1. The first-order chi connectivity index (χ1) is 15.1. The highest BCUT2D eigenvalue weighted by Gasteiger charge is 2.55. The lowest BCUT2D eigenvalue weighted by atomic mass is 9.76. The molecule has 1 aliphatic carbocycles. The number of nitrogens with two attached hydrogens (primary N) is 1. The van der Waals surface area contributed by atoms with Gasteiger partial charge in [-0.15, -0.1) is 11.3 Å². The Kier molecular flexibility index (Phi) is 5.35. The topological polar surface area (TPSA) is 101 Å². The van der Waals surface area contributed by atoms with Crippen molar-refractivity contribution in [2.24, 2.45) is 21.6 Å². The molecule has 178 valence electrons. The van der Waals surface area contributed by atoms with E-state index in [1.165, 1.54) is 6.07 Å². The lowest BCUT2D eigenvalue weighted by Gasteiger charge is -2.43. The van der Waals surface area contributed by atoms with E-state index in [0.29, 0.717) is 17.4 Å². The molecule has 0 saturated heterocycles. The molecule has 1 aliphatic heterocycles. The van der Waals surface area contributed by atoms with E-state index in [1.807, 2.05) is 0 Å². The van der Waals surface area contributed by atoms with Gasteiger partial charge in [0.25, 0.3) is 0 Å². The lowest BCUT2D eigenvalue weighted by Crippen LogP contribution is -2.58. The van der Waals surface area contributed by atoms with Gasteiger partial charge in [-0.3, -0.25) is 10.7 Å². The van der Waals surface area contributed by atoms with E-state index in [1.54, 1.807) is 0 Å². The van der Waals surface area contributed by atoms with Crippen molar-refractivity contribution in [1.29, 1.82) is 0 Å². The van der Waals surface area contributed by atoms with E-state index in [2.05, 4.69) is 30.6 Å². The molecule has 0 bridgehead atoms. The van der Waals surface area contributed by atoms with Crippen LogP contribution in [0.3, 0.4) is 0 Å². The number of thiazole rings is 1. The summed E-state index contributed by atoms with van der Waals surface area (Å²) in [5.41, 5.74) is 3.56. The molecule has 0 radical (unpaired) electrons. The first-order valence-electron chi connectivity index (χ1n) is 9.11. The number of aromatic nitrogens is 2. The van der Waals surface area contributed by atoms with Crippen LogP contribution in [0.2, 0.25) is 0 Å². The molecule has 7 nitrogen and oxygen atoms in total. The Morgan fingerprint density at radius 2 is 1.73 bits per heavy atom. The van der Waals surface area contributed by atoms with Gasteiger partial charge in [0.1, 0.15) is 5.69 Å². The van der Waals surface area contributed by atoms with Gasteiger partial charge in [0.05, 0.1) is 0 Å². The Morgan fingerprint density at radius 1 is 1.06 bits per heavy atom. The first-order valence-corrected chi connectivity index (χ1v) is 9.99. The second kappa shape index (κ2) is 7.58. The number of alkyl halides is 8. The predicted molar refractivity (Wildman–Crippen MR) is 102 cm³/mol. The Labute approximate surface area is 183 Å². The fraction of sp³-hybridized carbons (Fsp3) is 0.412. The lowest BCUT2D eigenvalue weighted by molar-refractivity contribution is -0.141. The Balaban J connectivity index is 1.67. The minimum atomic E-state index is -4.74. The Morgan fingerprint density at radius 3 is 2.30 bits per heavy atom. The third-order valence-electron chi connectivity index (χ3n) is 4.82. The minimum Gasteiger partial charge on any atom is -0.326 e. The quantitative estimate of drug-likeness (QED) is 0.554. The van der Waals surface area contributed by atoms with Crippen LogP contribution in [0.25, 0.3) is 0 Å². The molecule has 2 aromatic rings. The van der Waals surface area contributed by atoms with Gasteiger partial charge in [-0.1, -0.05) is 0 Å². The van der Waals surface area contributed by atoms with Crippen LogP contribution < -0.4 is 16.4 Å². The fourth-order valence-electron chi connectivity index (χ4n) is 3.17. The maximum absolute atomic E-state index is 13.4. The zero-order valence-corrected chi connectivity index (χ0v) is 16.9. The third-order valence-corrected chi connectivity index (χ3v) is 5.67. The molecule has 1 fully saturated rings. The van der Waals surface area contributed by atoms with Crippen molar-refractivity contribution >= 4 is 28.8 Å². The Bertz CT molecular complexity index is 1120. The van der Waals surface area contributed by atoms with Crippen molar-refractivity contribution in [2.45, 2.75) is 36.9 Å². The molecule has 4 N–H and O–H groups in total. The maximum atomic E-state index is 13.4. The van der Waals surface area contributed by atoms with Crippen molar-refractivity contribution in [3.63, 3.8) is 0 Å². The molecule has 4 rings (SSSR count). The van der Waals surface area contributed by atoms with E-state index >= 15 is 0 Å². The molecule has 0 aromatic carbocycles. The molecule has 1 saturated carbocycles. The van der Waals surface area contributed by atoms with Gasteiger partial charge in [-0.2, -0.15) is 26.3 Å². The first kappa shape index (κ1) is 23.3. The van der Waals surface area contributed by atoms with Crippen LogP contribution in [0.5, 0.6) is 0 Å². The number of guanidine groups is 1. The number of hydrogen-bond acceptors (Lipinski definition) is 8. The van der Waals surface area contributed by atoms with Crippen LogP contribution in [0.1, 0.15) is 29.2 Å². The van der Waals surface area contributed by atoms with E-state index in [9.17, 15) is 35.1 Å². The largest absolute Gasteiger partial charge is 0.434 e. The fourth-order valence-corrected chi connectivity index (χ4v) is 3.94. The number of aliphatic imine (C=N–C) groups is 2. The van der Waals surface area contributed by atoms with E-state index in [4.69, 9.17) is 5.73 Å². The highest BCUT2D eigenvalue weighted by atomic mass is 32.1. The average molecular weight is 499 g/mol. The summed E-state index contributed by atoms with van der Waals surface area (Å²) in [5, 5.41) is 5.50. The summed E-state index contributed by atoms with van der Waals surface area (Å²) in [4.78, 5) is 14.7. The summed E-state index contributed by atoms with van der Waals surface area (Å²) >= 11 is 0.565. The summed E-state index contributed by atoms with van der Waals surface area (Å²) in [7, 11) is 0. The van der Waals surface area contributed by atoms with Crippen molar-refractivity contribution in [3.8, 4) is 0 Å². The van der Waals surface area contributed by atoms with Gasteiger partial charge in [-0.05, 0) is 12.1 Å². The number of nitrogens with zero attached hydrogens (tertiary/aromatic N) is 4. The van der Waals surface area contributed by atoms with E-state index in [-0.39, 0.29) is 22.5 Å². The van der Waals surface area contributed by atoms with Crippen LogP contribution in [0.4, 0.5) is 40.8 Å². The molecule has 2 aromatic heterocycles. The molecule has 0 spiro atoms. The molecule has 2 aliphatic rings. The number of nitrogens with one attached hydrogen (secondary N) is 2. The van der Waals surface area contributed by atoms with E-state index in [0.717, 1.165) is 11.6 Å². The highest BCUT2D eigenvalue weighted by Crippen LogP contribution is 2.48. The zero-order valence-electron chi connectivity index (χ0n) is 16.1. The van der Waals surface area contributed by atoms with Crippen molar-refractivity contribution in [3.05, 3.63) is 40.1 Å². The number of anilines is 1. The monoisotopic (exact) mass is 499 g/mol. The molecular formula is C17H13F8N7S. The zero-order chi connectivity index (χ0) is 24.2. The van der Waals surface area contributed by atoms with Crippen molar-refractivity contribution in [2.75, 3.05) is 5.32 Å². The van der Waals surface area contributed by atoms with E-state index < -0.39 is 54.2 Å². The summed E-state index contributed by atoms with van der Waals surface area (Å²) in [6.45, 7) is 0. The van der Waals surface area contributed by atoms with Crippen LogP contribution in [-0.4, -0.2) is 33.5 Å². The summed E-state index contributed by atoms with van der Waals surface area (Å²) in [6, 6.07) is 1.84. The highest BCUT2D eigenvalue weighted by molar-refractivity contribution is 7.11. The summed E-state index contributed by atoms with van der Waals surface area (Å²) < 4.78 is 105. The third kappa shape index (κ3) is 4.90. The van der Waals surface area contributed by atoms with Crippen LogP contribution in [0.15, 0.2) is 33.7 Å². The molecule has 1 atom stereocenters. The molecule has 16 heteroatoms. The smallest absolute Gasteiger partial charge is 0.326 e. The van der Waals surface area contributed by atoms with Crippen molar-refractivity contribution < 1.29 is 35.1 Å². The van der Waals surface area contributed by atoms with Gasteiger partial charge in [0.15, 0.2) is 16.5 Å². The normalized spacial score (nSPS) is 23.3. The molecule has 3 heterocycles. The van der Waals surface area contributed by atoms with Crippen LogP contribution >= 0.6 is 11.3 Å². The van der Waals surface area contributed by atoms with Crippen LogP contribution in [-0.2, 0) is 12.4 Å². The number of rotatable bonds is 3. The summed E-state index contributed by atoms with van der Waals surface area (Å²) in [5.74, 6) is -6.57. The van der Waals surface area contributed by atoms with Crippen molar-refractivity contribution in [1.82, 2.24) is 15.3 Å². The van der Waals surface area contributed by atoms with Gasteiger partial charge in [-0.25, -0.2) is 23.7 Å². The molecule has 33 heavy (non-hydrogen) atoms. The molecule has 0 amide bonds. The molecule has 1 unspecified atom stereocenters. The number of hydrogen-bond donors (Lipinski definition) is 3. The number of halogens is 8. The van der Waals surface area contributed by atoms with Gasteiger partial charge in [0, 0.05) is 36.0 Å². The summed E-state index contributed by atoms with van der Waals surface area (Å²) in [6.07, 6.45) is -9.94. The number of pyridine rings is 1. The molecular weight excluding hydrogens is 486 g/mol. The Hall–Kier alpha value is -2.88. The standard InChI is InChI=1S/C17H13F8N7S/c18-14(19)4-7(5-14)17(26)31-11(12-29-10(6-33-12)16(23,24)25)30-13(32-17)28-8-1-2-27-9(3-8)15(20,21)22/h1-3,6-7H,4-5,26H2,(H2,27,28,30,31,32). The van der Waals surface area contributed by atoms with Gasteiger partial charge >= 0.3 is 12.4 Å². The van der Waals surface area contributed by atoms with Gasteiger partial charge in [0.2, 0.25) is 17.7 Å². The van der Waals surface area contributed by atoms with Crippen LogP contribution in [0, 0.1) is 5.92 Å². The number of amidine groups is 1. The second-order valence-corrected chi connectivity index (χ2v) is 8.24. The predicted octanol–water partition coefficient (Wildman–Crippen LogP) is 4.05. The maximum Gasteiger partial charge on any atom is 0.434 e. The second-order valence-electron chi connectivity index (χ2n) is 7.38. The average Bonchev–Trinajstić information content (AvgIpc) is 3.16. The minimum absolute atomic E-state index is 0.138. The van der Waals surface area contributed by atoms with Gasteiger partial charge < -0.3 is 10.6 Å².